The van der Waals surface area contributed by atoms with Crippen molar-refractivity contribution in [2.24, 2.45) is 0 Å². The number of nitrogens with zero attached hydrogens (tertiary/aromatic N) is 3. The van der Waals surface area contributed by atoms with E-state index in [1.54, 1.807) is 18.5 Å². The van der Waals surface area contributed by atoms with Crippen molar-refractivity contribution in [2.75, 3.05) is 6.54 Å². The summed E-state index contributed by atoms with van der Waals surface area (Å²) in [5.41, 5.74) is 0.946. The Kier molecular flexibility index (Phi) is 5.31. The minimum Gasteiger partial charge on any atom is -0.310 e. The van der Waals surface area contributed by atoms with Crippen molar-refractivity contribution in [2.45, 2.75) is 39.3 Å². The third kappa shape index (κ3) is 3.80. The lowest BCUT2D eigenvalue weighted by atomic mass is 10.0. The van der Waals surface area contributed by atoms with Crippen LogP contribution in [-0.2, 0) is 6.42 Å². The summed E-state index contributed by atoms with van der Waals surface area (Å²) in [4.78, 5) is 4.33. The minimum atomic E-state index is -0.402. The molecule has 1 heterocycles. The van der Waals surface area contributed by atoms with Crippen LogP contribution in [0.1, 0.15) is 44.2 Å². The quantitative estimate of drug-likeness (QED) is 0.887. The van der Waals surface area contributed by atoms with E-state index in [2.05, 4.69) is 29.2 Å². The molecule has 2 rings (SSSR count). The first-order valence-electron chi connectivity index (χ1n) is 7.09. The molecule has 0 amide bonds. The van der Waals surface area contributed by atoms with Gasteiger partial charge in [0.2, 0.25) is 0 Å². The van der Waals surface area contributed by atoms with Gasteiger partial charge in [0, 0.05) is 18.5 Å². The van der Waals surface area contributed by atoms with E-state index in [0.717, 1.165) is 17.9 Å². The second-order valence-electron chi connectivity index (χ2n) is 5.20. The normalized spacial score (nSPS) is 12.9. The fourth-order valence-electron chi connectivity index (χ4n) is 2.32. The monoisotopic (exact) mass is 310 g/mol. The zero-order valence-corrected chi connectivity index (χ0v) is 13.2. The molecule has 4 nitrogen and oxygen atoms in total. The highest BCUT2D eigenvalue weighted by Gasteiger charge is 2.17. The van der Waals surface area contributed by atoms with Gasteiger partial charge in [-0.05, 0) is 38.1 Å². The zero-order chi connectivity index (χ0) is 15.4. The topological polar surface area (TPSA) is 42.7 Å². The number of hydrogen-bond donors (Lipinski definition) is 1. The summed E-state index contributed by atoms with van der Waals surface area (Å²) in [5, 5.41) is 7.77. The van der Waals surface area contributed by atoms with Crippen molar-refractivity contribution < 1.29 is 4.39 Å². The molecule has 21 heavy (non-hydrogen) atoms. The third-order valence-electron chi connectivity index (χ3n) is 3.32. The number of rotatable bonds is 6. The van der Waals surface area contributed by atoms with Gasteiger partial charge < -0.3 is 5.32 Å². The van der Waals surface area contributed by atoms with Gasteiger partial charge in [0.05, 0.1) is 5.02 Å². The summed E-state index contributed by atoms with van der Waals surface area (Å²) in [6, 6.07) is 5.09. The molecular formula is C15H20ClFN4. The first kappa shape index (κ1) is 15.9. The van der Waals surface area contributed by atoms with Crippen molar-refractivity contribution >= 4 is 11.6 Å². The Morgan fingerprint density at radius 1 is 1.38 bits per heavy atom. The SMILES string of the molecule is CCNC(Cc1ncnn1C(C)C)c1ccc(F)c(Cl)c1. The van der Waals surface area contributed by atoms with Gasteiger partial charge in [0.25, 0.3) is 0 Å². The number of likely N-dealkylation sites (N-methyl/N-ethyl adjacent to an activating group) is 1. The largest absolute Gasteiger partial charge is 0.310 e. The fraction of sp³-hybridized carbons (Fsp3) is 0.467. The van der Waals surface area contributed by atoms with Gasteiger partial charge in [-0.1, -0.05) is 24.6 Å². The van der Waals surface area contributed by atoms with Gasteiger partial charge >= 0.3 is 0 Å². The van der Waals surface area contributed by atoms with Gasteiger partial charge in [0.1, 0.15) is 18.0 Å². The van der Waals surface area contributed by atoms with E-state index in [0.29, 0.717) is 6.42 Å². The van der Waals surface area contributed by atoms with Gasteiger partial charge in [-0.2, -0.15) is 5.10 Å². The molecule has 2 aromatic rings. The van der Waals surface area contributed by atoms with Crippen LogP contribution < -0.4 is 5.32 Å². The lowest BCUT2D eigenvalue weighted by Crippen LogP contribution is -2.25. The molecule has 0 aliphatic heterocycles. The van der Waals surface area contributed by atoms with E-state index >= 15 is 0 Å². The molecule has 1 atom stereocenters. The number of nitrogens with one attached hydrogen (secondary N) is 1. The molecule has 1 aromatic carbocycles. The van der Waals surface area contributed by atoms with E-state index in [4.69, 9.17) is 11.6 Å². The molecule has 0 bridgehead atoms. The molecule has 0 saturated carbocycles. The van der Waals surface area contributed by atoms with Gasteiger partial charge in [-0.15, -0.1) is 0 Å². The average Bonchev–Trinajstić information content (AvgIpc) is 2.90. The Morgan fingerprint density at radius 2 is 2.14 bits per heavy atom. The zero-order valence-electron chi connectivity index (χ0n) is 12.5. The summed E-state index contributed by atoms with van der Waals surface area (Å²) in [7, 11) is 0. The summed E-state index contributed by atoms with van der Waals surface area (Å²) in [6.45, 7) is 6.96. The summed E-state index contributed by atoms with van der Waals surface area (Å²) in [5.74, 6) is 0.498. The molecule has 0 fully saturated rings. The standard InChI is InChI=1S/C15H20ClFN4/c1-4-18-14(11-5-6-13(17)12(16)7-11)8-15-19-9-20-21(15)10(2)3/h5-7,9-10,14,18H,4,8H2,1-3H3. The minimum absolute atomic E-state index is 0.0230. The Hall–Kier alpha value is -1.46. The van der Waals surface area contributed by atoms with E-state index in [-0.39, 0.29) is 17.1 Å². The fourth-order valence-corrected chi connectivity index (χ4v) is 2.51. The Balaban J connectivity index is 2.26. The molecule has 0 saturated heterocycles. The first-order valence-corrected chi connectivity index (χ1v) is 7.47. The summed E-state index contributed by atoms with van der Waals surface area (Å²) in [6.07, 6.45) is 2.24. The summed E-state index contributed by atoms with van der Waals surface area (Å²) < 4.78 is 15.2. The van der Waals surface area contributed by atoms with Crippen molar-refractivity contribution in [3.05, 3.63) is 46.8 Å². The van der Waals surface area contributed by atoms with Gasteiger partial charge in [0.15, 0.2) is 0 Å². The average molecular weight is 311 g/mol. The number of halogens is 2. The molecule has 0 radical (unpaired) electrons. The number of hydrogen-bond acceptors (Lipinski definition) is 3. The van der Waals surface area contributed by atoms with Crippen LogP contribution in [0.3, 0.4) is 0 Å². The predicted octanol–water partition coefficient (Wildman–Crippen LogP) is 3.54. The molecule has 0 spiro atoms. The van der Waals surface area contributed by atoms with E-state index in [1.807, 2.05) is 11.6 Å². The van der Waals surface area contributed by atoms with E-state index < -0.39 is 5.82 Å². The molecule has 1 unspecified atom stereocenters. The van der Waals surface area contributed by atoms with Crippen LogP contribution in [0, 0.1) is 5.82 Å². The molecular weight excluding hydrogens is 291 g/mol. The van der Waals surface area contributed by atoms with Crippen LogP contribution in [0.2, 0.25) is 5.02 Å². The van der Waals surface area contributed by atoms with Crippen molar-refractivity contribution in [3.8, 4) is 0 Å². The van der Waals surface area contributed by atoms with E-state index in [9.17, 15) is 4.39 Å². The second-order valence-corrected chi connectivity index (χ2v) is 5.61. The maximum atomic E-state index is 13.3. The highest BCUT2D eigenvalue weighted by atomic mass is 35.5. The summed E-state index contributed by atoms with van der Waals surface area (Å²) >= 11 is 5.89. The molecule has 1 N–H and O–H groups in total. The maximum Gasteiger partial charge on any atom is 0.141 e. The van der Waals surface area contributed by atoms with E-state index in [1.165, 1.54) is 6.07 Å². The molecule has 0 aliphatic carbocycles. The maximum absolute atomic E-state index is 13.3. The Labute approximate surface area is 129 Å². The molecule has 6 heteroatoms. The molecule has 1 aromatic heterocycles. The van der Waals surface area contributed by atoms with Gasteiger partial charge in [-0.25, -0.2) is 14.1 Å². The van der Waals surface area contributed by atoms with Gasteiger partial charge in [-0.3, -0.25) is 0 Å². The van der Waals surface area contributed by atoms with Crippen molar-refractivity contribution in [1.82, 2.24) is 20.1 Å². The first-order chi connectivity index (χ1) is 10.0. The lowest BCUT2D eigenvalue weighted by Gasteiger charge is -2.19. The number of aromatic nitrogens is 3. The molecule has 0 aliphatic rings. The second kappa shape index (κ2) is 7.00. The van der Waals surface area contributed by atoms with Crippen molar-refractivity contribution in [1.29, 1.82) is 0 Å². The Morgan fingerprint density at radius 3 is 2.76 bits per heavy atom. The van der Waals surface area contributed by atoms with Crippen LogP contribution >= 0.6 is 11.6 Å². The van der Waals surface area contributed by atoms with Crippen molar-refractivity contribution in [3.63, 3.8) is 0 Å². The van der Waals surface area contributed by atoms with Crippen LogP contribution in [0.4, 0.5) is 4.39 Å². The predicted molar refractivity (Wildman–Crippen MR) is 81.9 cm³/mol. The lowest BCUT2D eigenvalue weighted by molar-refractivity contribution is 0.468. The molecule has 114 valence electrons. The highest BCUT2D eigenvalue weighted by Crippen LogP contribution is 2.23. The number of benzene rings is 1. The third-order valence-corrected chi connectivity index (χ3v) is 3.61. The van der Waals surface area contributed by atoms with Crippen LogP contribution in [0.25, 0.3) is 0 Å². The van der Waals surface area contributed by atoms with Crippen LogP contribution in [-0.4, -0.2) is 21.3 Å². The van der Waals surface area contributed by atoms with Crippen LogP contribution in [0.5, 0.6) is 0 Å². The van der Waals surface area contributed by atoms with Crippen LogP contribution in [0.15, 0.2) is 24.5 Å². The smallest absolute Gasteiger partial charge is 0.141 e. The highest BCUT2D eigenvalue weighted by molar-refractivity contribution is 6.30. The Bertz CT molecular complexity index is 597.